The summed E-state index contributed by atoms with van der Waals surface area (Å²) in [5, 5.41) is 13.7. The molecule has 0 aliphatic carbocycles. The molecule has 0 radical (unpaired) electrons. The van der Waals surface area contributed by atoms with E-state index in [1.165, 1.54) is 0 Å². The second kappa shape index (κ2) is 8.69. The Morgan fingerprint density at radius 2 is 1.42 bits per heavy atom. The summed E-state index contributed by atoms with van der Waals surface area (Å²) >= 11 is 0. The average molecular weight is 327 g/mol. The highest BCUT2D eigenvalue weighted by molar-refractivity contribution is 5.81. The largest absolute Gasteiger partial charge is 0.465 e. The Balaban J connectivity index is 1.79. The normalized spacial score (nSPS) is 11.5. The summed E-state index contributed by atoms with van der Waals surface area (Å²) < 4.78 is 0. The molecular formula is C18H21N3O3. The van der Waals surface area contributed by atoms with Gasteiger partial charge in [-0.05, 0) is 23.1 Å². The van der Waals surface area contributed by atoms with E-state index >= 15 is 0 Å². The van der Waals surface area contributed by atoms with Crippen LogP contribution in [0, 0.1) is 0 Å². The van der Waals surface area contributed by atoms with Crippen LogP contribution in [0.4, 0.5) is 4.79 Å². The van der Waals surface area contributed by atoms with Crippen molar-refractivity contribution in [3.63, 3.8) is 0 Å². The number of nitrogens with two attached hydrogens (primary N) is 1. The summed E-state index contributed by atoms with van der Waals surface area (Å²) in [6.45, 7) is 0.637. The summed E-state index contributed by atoms with van der Waals surface area (Å²) in [7, 11) is 0. The SMILES string of the molecule is N[C@@H](Cc1ccccc1)C(=O)NCc1ccc(CNC(=O)O)cc1. The van der Waals surface area contributed by atoms with Gasteiger partial charge in [-0.2, -0.15) is 0 Å². The number of hydrogen-bond acceptors (Lipinski definition) is 3. The Labute approximate surface area is 140 Å². The Kier molecular flexibility index (Phi) is 6.33. The number of carboxylic acid groups (broad SMARTS) is 1. The van der Waals surface area contributed by atoms with E-state index in [9.17, 15) is 9.59 Å². The minimum absolute atomic E-state index is 0.199. The van der Waals surface area contributed by atoms with Crippen molar-refractivity contribution in [2.45, 2.75) is 25.6 Å². The van der Waals surface area contributed by atoms with E-state index in [1.54, 1.807) is 0 Å². The number of carbonyl (C=O) groups excluding carboxylic acids is 1. The highest BCUT2D eigenvalue weighted by Gasteiger charge is 2.13. The van der Waals surface area contributed by atoms with Gasteiger partial charge in [0.25, 0.3) is 0 Å². The van der Waals surface area contributed by atoms with Crippen molar-refractivity contribution in [1.29, 1.82) is 0 Å². The molecule has 0 heterocycles. The Bertz CT molecular complexity index is 672. The molecule has 2 aromatic rings. The van der Waals surface area contributed by atoms with Gasteiger partial charge in [0.1, 0.15) is 0 Å². The Hall–Kier alpha value is -2.86. The first-order valence-corrected chi connectivity index (χ1v) is 7.66. The fourth-order valence-corrected chi connectivity index (χ4v) is 2.23. The summed E-state index contributed by atoms with van der Waals surface area (Å²) in [6.07, 6.45) is -0.564. The molecule has 0 bridgehead atoms. The molecule has 0 saturated heterocycles. The molecule has 24 heavy (non-hydrogen) atoms. The summed E-state index contributed by atoms with van der Waals surface area (Å²) in [6, 6.07) is 16.4. The van der Waals surface area contributed by atoms with E-state index in [-0.39, 0.29) is 12.5 Å². The zero-order valence-corrected chi connectivity index (χ0v) is 13.2. The van der Waals surface area contributed by atoms with Gasteiger partial charge in [0.15, 0.2) is 0 Å². The van der Waals surface area contributed by atoms with Crippen molar-refractivity contribution < 1.29 is 14.7 Å². The molecule has 0 fully saturated rings. The number of nitrogens with one attached hydrogen (secondary N) is 2. The molecular weight excluding hydrogens is 306 g/mol. The quantitative estimate of drug-likeness (QED) is 0.620. The van der Waals surface area contributed by atoms with Crippen molar-refractivity contribution in [1.82, 2.24) is 10.6 Å². The molecule has 0 aromatic heterocycles. The van der Waals surface area contributed by atoms with E-state index in [1.807, 2.05) is 54.6 Å². The predicted molar refractivity (Wildman–Crippen MR) is 91.3 cm³/mol. The van der Waals surface area contributed by atoms with Gasteiger partial charge in [0.05, 0.1) is 6.04 Å². The van der Waals surface area contributed by atoms with Crippen LogP contribution in [0.3, 0.4) is 0 Å². The third-order valence-corrected chi connectivity index (χ3v) is 3.57. The van der Waals surface area contributed by atoms with Crippen molar-refractivity contribution in [2.75, 3.05) is 0 Å². The van der Waals surface area contributed by atoms with Crippen LogP contribution in [-0.4, -0.2) is 23.1 Å². The maximum atomic E-state index is 12.1. The molecule has 2 amide bonds. The number of carbonyl (C=O) groups is 2. The van der Waals surface area contributed by atoms with Crippen LogP contribution >= 0.6 is 0 Å². The van der Waals surface area contributed by atoms with Gasteiger partial charge in [0.2, 0.25) is 5.91 Å². The molecule has 0 spiro atoms. The summed E-state index contributed by atoms with van der Waals surface area (Å²) in [5.74, 6) is -0.199. The molecule has 0 aliphatic rings. The molecule has 5 N–H and O–H groups in total. The highest BCUT2D eigenvalue weighted by Crippen LogP contribution is 2.05. The van der Waals surface area contributed by atoms with Crippen LogP contribution in [0.15, 0.2) is 54.6 Å². The van der Waals surface area contributed by atoms with Gasteiger partial charge < -0.3 is 21.5 Å². The van der Waals surface area contributed by atoms with Gasteiger partial charge in [-0.25, -0.2) is 4.79 Å². The zero-order valence-electron chi connectivity index (χ0n) is 13.2. The van der Waals surface area contributed by atoms with Gasteiger partial charge in [0, 0.05) is 13.1 Å². The number of hydrogen-bond donors (Lipinski definition) is 4. The Morgan fingerprint density at radius 3 is 1.96 bits per heavy atom. The van der Waals surface area contributed by atoms with E-state index in [0.717, 1.165) is 16.7 Å². The first kappa shape index (κ1) is 17.5. The maximum Gasteiger partial charge on any atom is 0.404 e. The van der Waals surface area contributed by atoms with E-state index in [0.29, 0.717) is 13.0 Å². The van der Waals surface area contributed by atoms with Gasteiger partial charge in [-0.1, -0.05) is 54.6 Å². The predicted octanol–water partition coefficient (Wildman–Crippen LogP) is 1.64. The van der Waals surface area contributed by atoms with Crippen LogP contribution in [0.25, 0.3) is 0 Å². The van der Waals surface area contributed by atoms with Crippen molar-refractivity contribution >= 4 is 12.0 Å². The van der Waals surface area contributed by atoms with Crippen molar-refractivity contribution in [2.24, 2.45) is 5.73 Å². The smallest absolute Gasteiger partial charge is 0.404 e. The number of rotatable bonds is 7. The lowest BCUT2D eigenvalue weighted by Gasteiger charge is -2.12. The molecule has 2 rings (SSSR count). The van der Waals surface area contributed by atoms with Crippen molar-refractivity contribution in [3.05, 3.63) is 71.3 Å². The Morgan fingerprint density at radius 1 is 0.875 bits per heavy atom. The van der Waals surface area contributed by atoms with Crippen LogP contribution in [0.1, 0.15) is 16.7 Å². The molecule has 2 aromatic carbocycles. The van der Waals surface area contributed by atoms with Crippen molar-refractivity contribution in [3.8, 4) is 0 Å². The standard InChI is InChI=1S/C18H21N3O3/c19-16(10-13-4-2-1-3-5-13)17(22)20-11-14-6-8-15(9-7-14)12-21-18(23)24/h1-9,16,21H,10-12,19H2,(H,20,22)(H,23,24)/t16-/m0/s1. The van der Waals surface area contributed by atoms with Crippen LogP contribution in [0.2, 0.25) is 0 Å². The second-order valence-electron chi connectivity index (χ2n) is 5.49. The lowest BCUT2D eigenvalue weighted by Crippen LogP contribution is -2.41. The molecule has 0 aliphatic heterocycles. The van der Waals surface area contributed by atoms with E-state index in [2.05, 4.69) is 10.6 Å². The second-order valence-corrected chi connectivity index (χ2v) is 5.49. The third kappa shape index (κ3) is 5.73. The lowest BCUT2D eigenvalue weighted by molar-refractivity contribution is -0.122. The third-order valence-electron chi connectivity index (χ3n) is 3.57. The van der Waals surface area contributed by atoms with E-state index < -0.39 is 12.1 Å². The van der Waals surface area contributed by atoms with E-state index in [4.69, 9.17) is 10.8 Å². The van der Waals surface area contributed by atoms with Gasteiger partial charge >= 0.3 is 6.09 Å². The zero-order chi connectivity index (χ0) is 17.4. The molecule has 126 valence electrons. The maximum absolute atomic E-state index is 12.1. The highest BCUT2D eigenvalue weighted by atomic mass is 16.4. The fraction of sp³-hybridized carbons (Fsp3) is 0.222. The van der Waals surface area contributed by atoms with Gasteiger partial charge in [-0.3, -0.25) is 4.79 Å². The minimum atomic E-state index is -1.06. The summed E-state index contributed by atoms with van der Waals surface area (Å²) in [5.41, 5.74) is 8.73. The first-order chi connectivity index (χ1) is 11.5. The molecule has 0 saturated carbocycles. The first-order valence-electron chi connectivity index (χ1n) is 7.66. The topological polar surface area (TPSA) is 104 Å². The molecule has 6 heteroatoms. The lowest BCUT2D eigenvalue weighted by atomic mass is 10.1. The number of amides is 2. The molecule has 6 nitrogen and oxygen atoms in total. The number of benzene rings is 2. The minimum Gasteiger partial charge on any atom is -0.465 e. The molecule has 1 atom stereocenters. The van der Waals surface area contributed by atoms with Gasteiger partial charge in [-0.15, -0.1) is 0 Å². The van der Waals surface area contributed by atoms with Crippen LogP contribution < -0.4 is 16.4 Å². The monoisotopic (exact) mass is 327 g/mol. The average Bonchev–Trinajstić information content (AvgIpc) is 2.59. The van der Waals surface area contributed by atoms with Crippen LogP contribution in [0.5, 0.6) is 0 Å². The summed E-state index contributed by atoms with van der Waals surface area (Å²) in [4.78, 5) is 22.5. The van der Waals surface area contributed by atoms with Crippen LogP contribution in [-0.2, 0) is 24.3 Å². The fourth-order valence-electron chi connectivity index (χ4n) is 2.23. The molecule has 0 unspecified atom stereocenters.